The number of nitrogens with zero attached hydrogens (tertiary/aromatic N) is 3. The van der Waals surface area contributed by atoms with E-state index >= 15 is 0 Å². The number of piperidine rings is 1. The maximum Gasteiger partial charge on any atom is 0.225 e. The van der Waals surface area contributed by atoms with Crippen LogP contribution in [0.2, 0.25) is 0 Å². The summed E-state index contributed by atoms with van der Waals surface area (Å²) in [6, 6.07) is 9.01. The molecule has 6 nitrogen and oxygen atoms in total. The van der Waals surface area contributed by atoms with Crippen LogP contribution in [0.25, 0.3) is 0 Å². The molecule has 3 aliphatic rings. The van der Waals surface area contributed by atoms with Gasteiger partial charge in [-0.15, -0.1) is 0 Å². The molecule has 2 aliphatic heterocycles. The summed E-state index contributed by atoms with van der Waals surface area (Å²) >= 11 is 0. The van der Waals surface area contributed by atoms with Crippen LogP contribution in [0, 0.1) is 5.92 Å². The fourth-order valence-corrected chi connectivity index (χ4v) is 5.41. The van der Waals surface area contributed by atoms with E-state index in [2.05, 4.69) is 51.6 Å². The van der Waals surface area contributed by atoms with Gasteiger partial charge < -0.3 is 15.5 Å². The van der Waals surface area contributed by atoms with Crippen molar-refractivity contribution >= 4 is 11.9 Å². The Kier molecular flexibility index (Phi) is 8.43. The lowest BCUT2D eigenvalue weighted by Crippen LogP contribution is -2.45. The lowest BCUT2D eigenvalue weighted by molar-refractivity contribution is -0.134. The van der Waals surface area contributed by atoms with Crippen molar-refractivity contribution in [1.82, 2.24) is 20.4 Å². The normalized spacial score (nSPS) is 23.0. The van der Waals surface area contributed by atoms with E-state index < -0.39 is 0 Å². The molecule has 1 aromatic rings. The second-order valence-electron chi connectivity index (χ2n) is 9.70. The van der Waals surface area contributed by atoms with E-state index in [4.69, 9.17) is 4.99 Å². The predicted octanol–water partition coefficient (Wildman–Crippen LogP) is 3.52. The Hall–Kier alpha value is -2.08. The van der Waals surface area contributed by atoms with E-state index in [-0.39, 0.29) is 12.0 Å². The summed E-state index contributed by atoms with van der Waals surface area (Å²) in [6.07, 6.45) is 9.57. The summed E-state index contributed by atoms with van der Waals surface area (Å²) in [4.78, 5) is 22.3. The number of carbonyl (C=O) groups is 1. The van der Waals surface area contributed by atoms with Gasteiger partial charge in [-0.2, -0.15) is 0 Å². The first-order valence-corrected chi connectivity index (χ1v) is 12.9. The third-order valence-corrected chi connectivity index (χ3v) is 7.26. The highest BCUT2D eigenvalue weighted by molar-refractivity contribution is 5.81. The first-order valence-electron chi connectivity index (χ1n) is 12.9. The van der Waals surface area contributed by atoms with Crippen LogP contribution >= 0.6 is 0 Å². The molecule has 2 saturated heterocycles. The number of likely N-dealkylation sites (tertiary alicyclic amines) is 2. The van der Waals surface area contributed by atoms with Crippen molar-refractivity contribution in [2.45, 2.75) is 77.4 Å². The Morgan fingerprint density at radius 2 is 1.75 bits per heavy atom. The van der Waals surface area contributed by atoms with Crippen LogP contribution in [-0.2, 0) is 17.9 Å². The van der Waals surface area contributed by atoms with Crippen LogP contribution in [0.1, 0.15) is 69.4 Å². The molecule has 1 atom stereocenters. The molecule has 2 heterocycles. The molecule has 1 saturated carbocycles. The lowest BCUT2D eigenvalue weighted by Gasteiger charge is -2.27. The number of carbonyl (C=O) groups excluding carboxylic acids is 1. The Bertz CT molecular complexity index is 767. The molecule has 2 N–H and O–H groups in total. The highest BCUT2D eigenvalue weighted by Crippen LogP contribution is 2.28. The Balaban J connectivity index is 1.34. The summed E-state index contributed by atoms with van der Waals surface area (Å²) in [5, 5.41) is 7.00. The van der Waals surface area contributed by atoms with Crippen molar-refractivity contribution in [2.24, 2.45) is 10.9 Å². The molecule has 1 aliphatic carbocycles. The van der Waals surface area contributed by atoms with Gasteiger partial charge >= 0.3 is 0 Å². The summed E-state index contributed by atoms with van der Waals surface area (Å²) in [5.41, 5.74) is 2.70. The van der Waals surface area contributed by atoms with Crippen molar-refractivity contribution in [3.63, 3.8) is 0 Å². The summed E-state index contributed by atoms with van der Waals surface area (Å²) in [7, 11) is 0. The number of aliphatic imine (C=N–C) groups is 1. The monoisotopic (exact) mass is 439 g/mol. The summed E-state index contributed by atoms with van der Waals surface area (Å²) < 4.78 is 0. The summed E-state index contributed by atoms with van der Waals surface area (Å²) in [5.74, 6) is 1.51. The van der Waals surface area contributed by atoms with Crippen LogP contribution in [0.3, 0.4) is 0 Å². The number of rotatable bonds is 7. The van der Waals surface area contributed by atoms with Crippen LogP contribution in [0.4, 0.5) is 0 Å². The molecule has 176 valence electrons. The van der Waals surface area contributed by atoms with E-state index in [0.29, 0.717) is 12.5 Å². The van der Waals surface area contributed by atoms with Gasteiger partial charge in [0, 0.05) is 38.1 Å². The number of amides is 1. The molecule has 0 radical (unpaired) electrons. The smallest absolute Gasteiger partial charge is 0.225 e. The predicted molar refractivity (Wildman–Crippen MR) is 130 cm³/mol. The molecule has 0 bridgehead atoms. The maximum atomic E-state index is 12.8. The zero-order valence-electron chi connectivity index (χ0n) is 19.8. The lowest BCUT2D eigenvalue weighted by atomic mass is 10.1. The fraction of sp³-hybridized carbons (Fsp3) is 0.692. The quantitative estimate of drug-likeness (QED) is 0.504. The third kappa shape index (κ3) is 6.25. The molecule has 3 fully saturated rings. The minimum Gasteiger partial charge on any atom is -0.357 e. The van der Waals surface area contributed by atoms with Gasteiger partial charge in [0.15, 0.2) is 5.96 Å². The van der Waals surface area contributed by atoms with E-state index in [9.17, 15) is 4.79 Å². The SMILES string of the molecule is CCNC(=NCc1ccccc1CN1CCCCC1)NC1CCN(C(=O)C2CCCC2)C1. The molecule has 1 unspecified atom stereocenters. The van der Waals surface area contributed by atoms with Gasteiger partial charge in [-0.05, 0) is 63.2 Å². The van der Waals surface area contributed by atoms with E-state index in [0.717, 1.165) is 51.4 Å². The molecule has 0 spiro atoms. The molecular weight excluding hydrogens is 398 g/mol. The zero-order chi connectivity index (χ0) is 22.2. The van der Waals surface area contributed by atoms with Crippen LogP contribution in [-0.4, -0.2) is 60.4 Å². The minimum absolute atomic E-state index is 0.270. The van der Waals surface area contributed by atoms with Crippen LogP contribution in [0.15, 0.2) is 29.3 Å². The number of guanidine groups is 1. The Morgan fingerprint density at radius 1 is 1.00 bits per heavy atom. The number of hydrogen-bond donors (Lipinski definition) is 2. The number of nitrogens with one attached hydrogen (secondary N) is 2. The van der Waals surface area contributed by atoms with Crippen LogP contribution < -0.4 is 10.6 Å². The van der Waals surface area contributed by atoms with E-state index in [1.54, 1.807) is 0 Å². The zero-order valence-corrected chi connectivity index (χ0v) is 19.8. The Morgan fingerprint density at radius 3 is 2.50 bits per heavy atom. The second kappa shape index (κ2) is 11.7. The number of hydrogen-bond acceptors (Lipinski definition) is 3. The van der Waals surface area contributed by atoms with Gasteiger partial charge in [-0.3, -0.25) is 9.69 Å². The van der Waals surface area contributed by atoms with Crippen molar-refractivity contribution in [3.05, 3.63) is 35.4 Å². The molecule has 32 heavy (non-hydrogen) atoms. The highest BCUT2D eigenvalue weighted by Gasteiger charge is 2.32. The first-order chi connectivity index (χ1) is 15.7. The Labute approximate surface area is 193 Å². The van der Waals surface area contributed by atoms with Gasteiger partial charge in [0.25, 0.3) is 0 Å². The van der Waals surface area contributed by atoms with Crippen LogP contribution in [0.5, 0.6) is 0 Å². The molecule has 0 aromatic heterocycles. The first kappa shape index (κ1) is 23.1. The number of benzene rings is 1. The average Bonchev–Trinajstić information content (AvgIpc) is 3.51. The molecule has 6 heteroatoms. The summed E-state index contributed by atoms with van der Waals surface area (Å²) in [6.45, 7) is 8.72. The molecule has 1 aromatic carbocycles. The third-order valence-electron chi connectivity index (χ3n) is 7.26. The molecule has 1 amide bonds. The van der Waals surface area contributed by atoms with Crippen molar-refractivity contribution in [1.29, 1.82) is 0 Å². The fourth-order valence-electron chi connectivity index (χ4n) is 5.41. The van der Waals surface area contributed by atoms with Gasteiger partial charge in [0.1, 0.15) is 0 Å². The van der Waals surface area contributed by atoms with Crippen molar-refractivity contribution in [2.75, 3.05) is 32.7 Å². The van der Waals surface area contributed by atoms with Gasteiger partial charge in [-0.25, -0.2) is 4.99 Å². The van der Waals surface area contributed by atoms with Crippen molar-refractivity contribution < 1.29 is 4.79 Å². The highest BCUT2D eigenvalue weighted by atomic mass is 16.2. The van der Waals surface area contributed by atoms with Gasteiger partial charge in [0.05, 0.1) is 6.54 Å². The topological polar surface area (TPSA) is 60.0 Å². The van der Waals surface area contributed by atoms with E-state index in [1.165, 1.54) is 56.3 Å². The standard InChI is InChI=1S/C26H41N5O/c1-2-27-26(29-24-14-17-31(20-24)25(32)21-10-4-5-11-21)28-18-22-12-6-7-13-23(22)19-30-15-8-3-9-16-30/h6-7,12-13,21,24H,2-5,8-11,14-20H2,1H3,(H2,27,28,29). The van der Waals surface area contributed by atoms with Crippen molar-refractivity contribution in [3.8, 4) is 0 Å². The van der Waals surface area contributed by atoms with E-state index in [1.807, 2.05) is 0 Å². The minimum atomic E-state index is 0.270. The average molecular weight is 440 g/mol. The maximum absolute atomic E-state index is 12.8. The van der Waals surface area contributed by atoms with Gasteiger partial charge in [0.2, 0.25) is 5.91 Å². The van der Waals surface area contributed by atoms with Gasteiger partial charge in [-0.1, -0.05) is 43.5 Å². The largest absolute Gasteiger partial charge is 0.357 e. The molecule has 4 rings (SSSR count). The second-order valence-corrected chi connectivity index (χ2v) is 9.70. The molecular formula is C26H41N5O.